The summed E-state index contributed by atoms with van der Waals surface area (Å²) in [7, 11) is 0. The molecule has 0 saturated heterocycles. The maximum Gasteiger partial charge on any atom is 0.225 e. The molecule has 1 aromatic carbocycles. The standard InChI is InChI=1S/C15H15ClN4OS2/c1-3-20(9(2)21)15-17-11(8-23-15)7-22-14-18-12-5-4-10(16)6-13(12)19-14/h4-6,8H,3,7H2,1-2H3,(H,18,19). The molecule has 3 rings (SSSR count). The Kier molecular flexibility index (Phi) is 4.89. The van der Waals surface area contributed by atoms with Crippen molar-refractivity contribution in [2.45, 2.75) is 24.8 Å². The number of rotatable bonds is 5. The summed E-state index contributed by atoms with van der Waals surface area (Å²) in [6.45, 7) is 4.12. The first-order valence-corrected chi connectivity index (χ1v) is 9.31. The lowest BCUT2D eigenvalue weighted by Gasteiger charge is -2.14. The Balaban J connectivity index is 1.70. The van der Waals surface area contributed by atoms with Gasteiger partial charge in [-0.05, 0) is 25.1 Å². The van der Waals surface area contributed by atoms with Gasteiger partial charge in [-0.25, -0.2) is 9.97 Å². The number of anilines is 1. The van der Waals surface area contributed by atoms with Crippen molar-refractivity contribution in [3.8, 4) is 0 Å². The van der Waals surface area contributed by atoms with Crippen molar-refractivity contribution in [3.63, 3.8) is 0 Å². The molecule has 0 aliphatic carbocycles. The predicted molar refractivity (Wildman–Crippen MR) is 96.5 cm³/mol. The van der Waals surface area contributed by atoms with Crippen molar-refractivity contribution >= 4 is 56.8 Å². The SMILES string of the molecule is CCN(C(C)=O)c1nc(CSc2nc3ccc(Cl)cc3[nH]2)cs1. The molecule has 1 amide bonds. The van der Waals surface area contributed by atoms with Gasteiger partial charge in [-0.15, -0.1) is 11.3 Å². The van der Waals surface area contributed by atoms with E-state index < -0.39 is 0 Å². The van der Waals surface area contributed by atoms with E-state index in [2.05, 4.69) is 15.0 Å². The van der Waals surface area contributed by atoms with Gasteiger partial charge in [0.1, 0.15) is 0 Å². The van der Waals surface area contributed by atoms with Crippen LogP contribution in [0.5, 0.6) is 0 Å². The van der Waals surface area contributed by atoms with Gasteiger partial charge in [-0.1, -0.05) is 23.4 Å². The van der Waals surface area contributed by atoms with E-state index in [0.29, 0.717) is 17.3 Å². The molecule has 0 aliphatic rings. The zero-order valence-corrected chi connectivity index (χ0v) is 15.1. The van der Waals surface area contributed by atoms with Gasteiger partial charge >= 0.3 is 0 Å². The molecule has 0 bridgehead atoms. The van der Waals surface area contributed by atoms with E-state index in [-0.39, 0.29) is 5.91 Å². The molecule has 120 valence electrons. The van der Waals surface area contributed by atoms with Crippen molar-refractivity contribution < 1.29 is 4.79 Å². The first kappa shape index (κ1) is 16.3. The van der Waals surface area contributed by atoms with Gasteiger partial charge in [0.05, 0.1) is 16.7 Å². The van der Waals surface area contributed by atoms with E-state index in [1.54, 1.807) is 23.6 Å². The lowest BCUT2D eigenvalue weighted by atomic mass is 10.3. The molecule has 8 heteroatoms. The fourth-order valence-electron chi connectivity index (χ4n) is 2.15. The molecule has 3 aromatic rings. The Morgan fingerprint density at radius 2 is 2.26 bits per heavy atom. The maximum atomic E-state index is 11.6. The minimum Gasteiger partial charge on any atom is -0.333 e. The smallest absolute Gasteiger partial charge is 0.225 e. The Morgan fingerprint density at radius 1 is 1.43 bits per heavy atom. The highest BCUT2D eigenvalue weighted by molar-refractivity contribution is 7.98. The number of hydrogen-bond acceptors (Lipinski definition) is 5. The number of thiazole rings is 1. The van der Waals surface area contributed by atoms with Crippen LogP contribution < -0.4 is 4.90 Å². The van der Waals surface area contributed by atoms with Crippen LogP contribution in [-0.2, 0) is 10.5 Å². The number of amides is 1. The zero-order valence-electron chi connectivity index (χ0n) is 12.7. The summed E-state index contributed by atoms with van der Waals surface area (Å²) >= 11 is 9.04. The normalized spacial score (nSPS) is 11.1. The average molecular weight is 367 g/mol. The Bertz CT molecular complexity index is 845. The number of hydrogen-bond donors (Lipinski definition) is 1. The molecule has 0 saturated carbocycles. The zero-order chi connectivity index (χ0) is 16.4. The van der Waals surface area contributed by atoms with Crippen molar-refractivity contribution in [1.82, 2.24) is 15.0 Å². The molecular weight excluding hydrogens is 352 g/mol. The number of thioether (sulfide) groups is 1. The number of imidazole rings is 1. The largest absolute Gasteiger partial charge is 0.333 e. The van der Waals surface area contributed by atoms with Crippen LogP contribution in [0.2, 0.25) is 5.02 Å². The summed E-state index contributed by atoms with van der Waals surface area (Å²) < 4.78 is 0. The molecule has 5 nitrogen and oxygen atoms in total. The number of H-pyrrole nitrogens is 1. The summed E-state index contributed by atoms with van der Waals surface area (Å²) in [5.74, 6) is 0.703. The van der Waals surface area contributed by atoms with Crippen LogP contribution in [0.4, 0.5) is 5.13 Å². The van der Waals surface area contributed by atoms with Crippen LogP contribution >= 0.6 is 34.7 Å². The van der Waals surface area contributed by atoms with Crippen molar-refractivity contribution in [3.05, 3.63) is 34.3 Å². The molecule has 2 aromatic heterocycles. The molecule has 2 heterocycles. The number of carbonyl (C=O) groups excluding carboxylic acids is 1. The van der Waals surface area contributed by atoms with Gasteiger partial charge in [0.2, 0.25) is 5.91 Å². The number of benzene rings is 1. The topological polar surface area (TPSA) is 61.9 Å². The predicted octanol–water partition coefficient (Wildman–Crippen LogP) is 4.34. The number of aromatic nitrogens is 3. The molecule has 0 unspecified atom stereocenters. The van der Waals surface area contributed by atoms with Crippen LogP contribution in [0.1, 0.15) is 19.5 Å². The fourth-order valence-corrected chi connectivity index (χ4v) is 4.14. The van der Waals surface area contributed by atoms with Crippen molar-refractivity contribution in [1.29, 1.82) is 0 Å². The third-order valence-corrected chi connectivity index (χ3v) is 5.30. The summed E-state index contributed by atoms with van der Waals surface area (Å²) in [6, 6.07) is 5.58. The van der Waals surface area contributed by atoms with Crippen LogP contribution in [0.15, 0.2) is 28.7 Å². The van der Waals surface area contributed by atoms with E-state index in [0.717, 1.165) is 27.0 Å². The second kappa shape index (κ2) is 6.90. The minimum absolute atomic E-state index is 0.00946. The van der Waals surface area contributed by atoms with Crippen LogP contribution in [0.3, 0.4) is 0 Å². The summed E-state index contributed by atoms with van der Waals surface area (Å²) in [5, 5.41) is 4.24. The van der Waals surface area contributed by atoms with Gasteiger partial charge in [-0.2, -0.15) is 0 Å². The number of halogens is 1. The lowest BCUT2D eigenvalue weighted by Crippen LogP contribution is -2.27. The quantitative estimate of drug-likeness (QED) is 0.682. The number of nitrogens with zero attached hydrogens (tertiary/aromatic N) is 3. The van der Waals surface area contributed by atoms with E-state index in [1.807, 2.05) is 30.5 Å². The first-order valence-electron chi connectivity index (χ1n) is 7.07. The number of fused-ring (bicyclic) bond motifs is 1. The highest BCUT2D eigenvalue weighted by Gasteiger charge is 2.14. The highest BCUT2D eigenvalue weighted by Crippen LogP contribution is 2.27. The van der Waals surface area contributed by atoms with E-state index >= 15 is 0 Å². The van der Waals surface area contributed by atoms with Gasteiger partial charge in [0.15, 0.2) is 10.3 Å². The summed E-state index contributed by atoms with van der Waals surface area (Å²) in [5.41, 5.74) is 2.76. The van der Waals surface area contributed by atoms with Gasteiger partial charge in [-0.3, -0.25) is 9.69 Å². The molecule has 0 fully saturated rings. The minimum atomic E-state index is 0.00946. The van der Waals surface area contributed by atoms with Crippen LogP contribution in [0, 0.1) is 0 Å². The Hall–Kier alpha value is -1.57. The molecule has 0 aliphatic heterocycles. The van der Waals surface area contributed by atoms with E-state index in [1.165, 1.54) is 11.3 Å². The second-order valence-corrected chi connectivity index (χ2v) is 7.11. The maximum absolute atomic E-state index is 11.6. The third-order valence-electron chi connectivity index (χ3n) is 3.25. The highest BCUT2D eigenvalue weighted by atomic mass is 35.5. The molecule has 0 radical (unpaired) electrons. The molecule has 23 heavy (non-hydrogen) atoms. The number of aromatic amines is 1. The second-order valence-electron chi connectivity index (χ2n) is 4.88. The first-order chi connectivity index (χ1) is 11.1. The van der Waals surface area contributed by atoms with Crippen molar-refractivity contribution in [2.75, 3.05) is 11.4 Å². The Morgan fingerprint density at radius 3 is 3.00 bits per heavy atom. The van der Waals surface area contributed by atoms with Crippen LogP contribution in [0.25, 0.3) is 11.0 Å². The fraction of sp³-hybridized carbons (Fsp3) is 0.267. The van der Waals surface area contributed by atoms with Gasteiger partial charge < -0.3 is 4.98 Å². The number of nitrogens with one attached hydrogen (secondary N) is 1. The average Bonchev–Trinajstić information content (AvgIpc) is 3.11. The van der Waals surface area contributed by atoms with E-state index in [4.69, 9.17) is 11.6 Å². The molecule has 1 N–H and O–H groups in total. The molecular formula is C15H15ClN4OS2. The van der Waals surface area contributed by atoms with E-state index in [9.17, 15) is 4.79 Å². The summed E-state index contributed by atoms with van der Waals surface area (Å²) in [6.07, 6.45) is 0. The number of carbonyl (C=O) groups is 1. The molecule has 0 spiro atoms. The van der Waals surface area contributed by atoms with Gasteiger partial charge in [0, 0.05) is 29.6 Å². The van der Waals surface area contributed by atoms with Crippen LogP contribution in [-0.4, -0.2) is 27.4 Å². The monoisotopic (exact) mass is 366 g/mol. The lowest BCUT2D eigenvalue weighted by molar-refractivity contribution is -0.116. The third kappa shape index (κ3) is 3.68. The van der Waals surface area contributed by atoms with Gasteiger partial charge in [0.25, 0.3) is 0 Å². The Labute approximate surface area is 147 Å². The summed E-state index contributed by atoms with van der Waals surface area (Å²) in [4.78, 5) is 25.5. The van der Waals surface area contributed by atoms with Crippen molar-refractivity contribution in [2.24, 2.45) is 0 Å². The molecule has 0 atom stereocenters.